The van der Waals surface area contributed by atoms with Crippen LogP contribution in [0.3, 0.4) is 0 Å². The van der Waals surface area contributed by atoms with Gasteiger partial charge in [-0.15, -0.1) is 0 Å². The van der Waals surface area contributed by atoms with Gasteiger partial charge in [0.15, 0.2) is 0 Å². The number of rotatable bonds is 4. The van der Waals surface area contributed by atoms with Crippen LogP contribution in [0.4, 0.5) is 0 Å². The summed E-state index contributed by atoms with van der Waals surface area (Å²) in [6.45, 7) is 0. The van der Waals surface area contributed by atoms with Gasteiger partial charge in [0.05, 0.1) is 0 Å². The molecule has 113 valence electrons. The summed E-state index contributed by atoms with van der Waals surface area (Å²) in [5.41, 5.74) is 4.30. The molecule has 3 radical (unpaired) electrons. The van der Waals surface area contributed by atoms with Crippen molar-refractivity contribution in [1.29, 1.82) is 0 Å². The van der Waals surface area contributed by atoms with E-state index in [1.54, 1.807) is 0 Å². The lowest BCUT2D eigenvalue weighted by Gasteiger charge is -2.43. The standard InChI is InChI=1S/C19H27OSi/c21-20-19(16-10-4-1-5-11-16,17-12-6-2-7-13-17)18-14-8-3-9-15-18/h10,12,14H,1-9,11,13,15H2. The molecule has 21 heavy (non-hydrogen) atoms. The third kappa shape index (κ3) is 2.98. The molecule has 0 heterocycles. The minimum atomic E-state index is -0.252. The van der Waals surface area contributed by atoms with E-state index in [-0.39, 0.29) is 5.60 Å². The summed E-state index contributed by atoms with van der Waals surface area (Å²) in [6, 6.07) is 0. The van der Waals surface area contributed by atoms with Crippen molar-refractivity contribution in [1.82, 2.24) is 0 Å². The quantitative estimate of drug-likeness (QED) is 0.504. The lowest BCUT2D eigenvalue weighted by Crippen LogP contribution is -2.40. The van der Waals surface area contributed by atoms with Gasteiger partial charge in [0, 0.05) is 0 Å². The SMILES string of the molecule is [Si]OC(C1=CCCCC1)(C1=CCCCC1)C1=CCCCC1. The van der Waals surface area contributed by atoms with E-state index < -0.39 is 0 Å². The Hall–Kier alpha value is -0.603. The van der Waals surface area contributed by atoms with Crippen molar-refractivity contribution < 1.29 is 4.43 Å². The second-order valence-corrected chi connectivity index (χ2v) is 6.91. The average molecular weight is 300 g/mol. The first-order valence-electron chi connectivity index (χ1n) is 8.81. The molecule has 3 rings (SSSR count). The Morgan fingerprint density at radius 2 is 1.05 bits per heavy atom. The summed E-state index contributed by atoms with van der Waals surface area (Å²) in [5.74, 6) is 0. The zero-order valence-corrected chi connectivity index (χ0v) is 14.1. The molecular formula is C19H27OSi. The van der Waals surface area contributed by atoms with Gasteiger partial charge >= 0.3 is 0 Å². The molecule has 0 bridgehead atoms. The van der Waals surface area contributed by atoms with Crippen LogP contribution in [0, 0.1) is 0 Å². The van der Waals surface area contributed by atoms with E-state index >= 15 is 0 Å². The van der Waals surface area contributed by atoms with Crippen LogP contribution in [0.5, 0.6) is 0 Å². The van der Waals surface area contributed by atoms with E-state index in [2.05, 4.69) is 28.7 Å². The van der Waals surface area contributed by atoms with Crippen molar-refractivity contribution in [3.05, 3.63) is 34.9 Å². The molecule has 1 nitrogen and oxygen atoms in total. The highest BCUT2D eigenvalue weighted by atomic mass is 28.2. The van der Waals surface area contributed by atoms with E-state index in [1.165, 1.54) is 93.8 Å². The first kappa shape index (κ1) is 15.3. The van der Waals surface area contributed by atoms with Crippen LogP contribution in [0.15, 0.2) is 34.9 Å². The normalized spacial score (nSPS) is 24.1. The third-order valence-corrected chi connectivity index (χ3v) is 5.69. The highest BCUT2D eigenvalue weighted by Gasteiger charge is 2.41. The minimum Gasteiger partial charge on any atom is -0.402 e. The van der Waals surface area contributed by atoms with Crippen LogP contribution in [0.25, 0.3) is 0 Å². The Morgan fingerprint density at radius 1 is 0.667 bits per heavy atom. The van der Waals surface area contributed by atoms with Crippen LogP contribution in [0.2, 0.25) is 0 Å². The molecule has 0 atom stereocenters. The molecule has 0 N–H and O–H groups in total. The first-order chi connectivity index (χ1) is 10.4. The number of allylic oxidation sites excluding steroid dienone is 3. The van der Waals surface area contributed by atoms with E-state index in [0.29, 0.717) is 0 Å². The van der Waals surface area contributed by atoms with Crippen molar-refractivity contribution in [2.24, 2.45) is 0 Å². The van der Waals surface area contributed by atoms with Crippen LogP contribution in [0.1, 0.15) is 77.0 Å². The van der Waals surface area contributed by atoms with Gasteiger partial charge in [-0.2, -0.15) is 0 Å². The highest BCUT2D eigenvalue weighted by molar-refractivity contribution is 5.99. The predicted octanol–water partition coefficient (Wildman–Crippen LogP) is 5.33. The van der Waals surface area contributed by atoms with Crippen molar-refractivity contribution in [3.8, 4) is 0 Å². The van der Waals surface area contributed by atoms with E-state index in [4.69, 9.17) is 4.43 Å². The molecule has 0 saturated heterocycles. The fraction of sp³-hybridized carbons (Fsp3) is 0.684. The lowest BCUT2D eigenvalue weighted by atomic mass is 9.70. The van der Waals surface area contributed by atoms with E-state index in [0.717, 1.165) is 0 Å². The van der Waals surface area contributed by atoms with Crippen molar-refractivity contribution in [2.75, 3.05) is 0 Å². The maximum Gasteiger partial charge on any atom is 0.248 e. The van der Waals surface area contributed by atoms with Crippen LogP contribution >= 0.6 is 0 Å². The van der Waals surface area contributed by atoms with Gasteiger partial charge in [-0.25, -0.2) is 0 Å². The largest absolute Gasteiger partial charge is 0.402 e. The third-order valence-electron chi connectivity index (χ3n) is 5.38. The molecule has 3 aliphatic rings. The topological polar surface area (TPSA) is 9.23 Å². The molecular weight excluding hydrogens is 272 g/mol. The minimum absolute atomic E-state index is 0.252. The van der Waals surface area contributed by atoms with Crippen molar-refractivity contribution in [3.63, 3.8) is 0 Å². The summed E-state index contributed by atoms with van der Waals surface area (Å²) in [4.78, 5) is 0. The molecule has 0 aromatic rings. The lowest BCUT2D eigenvalue weighted by molar-refractivity contribution is 0.180. The van der Waals surface area contributed by atoms with Gasteiger partial charge < -0.3 is 4.43 Å². The van der Waals surface area contributed by atoms with Gasteiger partial charge in [-0.05, 0) is 93.8 Å². The highest BCUT2D eigenvalue weighted by Crippen LogP contribution is 2.46. The summed E-state index contributed by atoms with van der Waals surface area (Å²) in [5, 5.41) is 0. The second kappa shape index (κ2) is 7.10. The maximum absolute atomic E-state index is 6.16. The Labute approximate surface area is 133 Å². The summed E-state index contributed by atoms with van der Waals surface area (Å²) in [6.07, 6.45) is 22.6. The molecule has 3 aliphatic carbocycles. The fourth-order valence-electron chi connectivity index (χ4n) is 4.29. The Morgan fingerprint density at radius 3 is 1.29 bits per heavy atom. The molecule has 0 saturated carbocycles. The molecule has 2 heteroatoms. The fourth-order valence-corrected chi connectivity index (χ4v) is 4.68. The average Bonchev–Trinajstić information content (AvgIpc) is 2.59. The smallest absolute Gasteiger partial charge is 0.248 e. The summed E-state index contributed by atoms with van der Waals surface area (Å²) < 4.78 is 6.16. The Kier molecular flexibility index (Phi) is 5.18. The van der Waals surface area contributed by atoms with Crippen molar-refractivity contribution in [2.45, 2.75) is 82.7 Å². The maximum atomic E-state index is 6.16. The van der Waals surface area contributed by atoms with E-state index in [1.807, 2.05) is 0 Å². The van der Waals surface area contributed by atoms with E-state index in [9.17, 15) is 0 Å². The van der Waals surface area contributed by atoms with Crippen LogP contribution in [-0.4, -0.2) is 16.1 Å². The van der Waals surface area contributed by atoms with Crippen LogP contribution in [-0.2, 0) is 4.43 Å². The van der Waals surface area contributed by atoms with Gasteiger partial charge in [-0.3, -0.25) is 0 Å². The molecule has 0 amide bonds. The van der Waals surface area contributed by atoms with Crippen molar-refractivity contribution >= 4 is 10.5 Å². The number of hydrogen-bond donors (Lipinski definition) is 0. The molecule has 0 aromatic heterocycles. The number of hydrogen-bond acceptors (Lipinski definition) is 1. The molecule has 0 aromatic carbocycles. The Bertz CT molecular complexity index is 394. The predicted molar refractivity (Wildman–Crippen MR) is 89.2 cm³/mol. The summed E-state index contributed by atoms with van der Waals surface area (Å²) >= 11 is 0. The zero-order chi connectivity index (χ0) is 14.5. The molecule has 0 unspecified atom stereocenters. The van der Waals surface area contributed by atoms with Gasteiger partial charge in [0.25, 0.3) is 0 Å². The molecule has 0 fully saturated rings. The Balaban J connectivity index is 2.04. The summed E-state index contributed by atoms with van der Waals surface area (Å²) in [7, 11) is 3.51. The van der Waals surface area contributed by atoms with Gasteiger partial charge in [0.2, 0.25) is 10.5 Å². The molecule has 0 aliphatic heterocycles. The zero-order valence-electron chi connectivity index (χ0n) is 13.1. The van der Waals surface area contributed by atoms with Gasteiger partial charge in [-0.1, -0.05) is 18.2 Å². The monoisotopic (exact) mass is 299 g/mol. The molecule has 0 spiro atoms. The second-order valence-electron chi connectivity index (χ2n) is 6.71. The first-order valence-corrected chi connectivity index (χ1v) is 9.22. The van der Waals surface area contributed by atoms with Gasteiger partial charge in [0.1, 0.15) is 5.60 Å². The van der Waals surface area contributed by atoms with Crippen LogP contribution < -0.4 is 0 Å².